The van der Waals surface area contributed by atoms with Gasteiger partial charge in [0.25, 0.3) is 0 Å². The average molecular weight is 383 g/mol. The van der Waals surface area contributed by atoms with E-state index >= 15 is 0 Å². The summed E-state index contributed by atoms with van der Waals surface area (Å²) in [5.41, 5.74) is 0.657. The van der Waals surface area contributed by atoms with E-state index in [0.717, 1.165) is 24.1 Å². The predicted octanol–water partition coefficient (Wildman–Crippen LogP) is 1.48. The maximum Gasteiger partial charge on any atom is 0.240 e. The second-order valence-corrected chi connectivity index (χ2v) is 8.40. The quantitative estimate of drug-likeness (QED) is 0.610. The van der Waals surface area contributed by atoms with Gasteiger partial charge in [-0.1, -0.05) is 18.2 Å². The van der Waals surface area contributed by atoms with Gasteiger partial charge in [0.1, 0.15) is 5.41 Å². The van der Waals surface area contributed by atoms with Gasteiger partial charge in [0.05, 0.1) is 0 Å². The van der Waals surface area contributed by atoms with Gasteiger partial charge in [0.2, 0.25) is 23.6 Å². The molecule has 2 fully saturated rings. The number of carbonyl (C=O) groups is 4. The highest BCUT2D eigenvalue weighted by Gasteiger charge is 2.47. The molecule has 4 amide bonds. The van der Waals surface area contributed by atoms with Crippen LogP contribution in [0.4, 0.5) is 5.69 Å². The fourth-order valence-corrected chi connectivity index (χ4v) is 4.61. The lowest BCUT2D eigenvalue weighted by Gasteiger charge is -2.40. The molecular weight excluding hydrogens is 358 g/mol. The number of carbonyl (C=O) groups excluding carboxylic acids is 4. The Bertz CT molecular complexity index is 844. The van der Waals surface area contributed by atoms with Crippen LogP contribution in [0.1, 0.15) is 38.2 Å². The first-order chi connectivity index (χ1) is 13.4. The predicted molar refractivity (Wildman–Crippen MR) is 102 cm³/mol. The van der Waals surface area contributed by atoms with Gasteiger partial charge in [-0.05, 0) is 50.2 Å². The van der Waals surface area contributed by atoms with Crippen LogP contribution in [0, 0.1) is 17.3 Å². The molecule has 1 aromatic rings. The van der Waals surface area contributed by atoms with Crippen LogP contribution in [0.15, 0.2) is 24.3 Å². The maximum absolute atomic E-state index is 13.2. The summed E-state index contributed by atoms with van der Waals surface area (Å²) >= 11 is 0. The summed E-state index contributed by atoms with van der Waals surface area (Å²) in [7, 11) is 0. The van der Waals surface area contributed by atoms with Crippen molar-refractivity contribution in [1.82, 2.24) is 10.2 Å². The summed E-state index contributed by atoms with van der Waals surface area (Å²) in [6, 6.07) is 7.58. The Morgan fingerprint density at radius 2 is 1.86 bits per heavy atom. The Kier molecular flexibility index (Phi) is 4.69. The lowest BCUT2D eigenvalue weighted by molar-refractivity contribution is -0.149. The van der Waals surface area contributed by atoms with Crippen LogP contribution in [-0.2, 0) is 25.6 Å². The number of benzene rings is 1. The van der Waals surface area contributed by atoms with Gasteiger partial charge < -0.3 is 10.2 Å². The normalized spacial score (nSPS) is 28.0. The maximum atomic E-state index is 13.2. The van der Waals surface area contributed by atoms with Crippen molar-refractivity contribution in [3.05, 3.63) is 29.8 Å². The van der Waals surface area contributed by atoms with Gasteiger partial charge in [-0.2, -0.15) is 0 Å². The third kappa shape index (κ3) is 3.30. The van der Waals surface area contributed by atoms with Gasteiger partial charge >= 0.3 is 0 Å². The Morgan fingerprint density at radius 3 is 2.54 bits per heavy atom. The zero-order chi connectivity index (χ0) is 19.9. The van der Waals surface area contributed by atoms with E-state index in [1.54, 1.807) is 11.8 Å². The molecule has 7 heteroatoms. The summed E-state index contributed by atoms with van der Waals surface area (Å²) in [5, 5.41) is 5.23. The molecule has 28 heavy (non-hydrogen) atoms. The van der Waals surface area contributed by atoms with Crippen LogP contribution >= 0.6 is 0 Å². The largest absolute Gasteiger partial charge is 0.342 e. The van der Waals surface area contributed by atoms with E-state index in [1.807, 2.05) is 24.3 Å². The number of fused-ring (bicyclic) bond motifs is 1. The van der Waals surface area contributed by atoms with E-state index < -0.39 is 5.41 Å². The topological polar surface area (TPSA) is 95.6 Å². The number of likely N-dealkylation sites (tertiary alicyclic amines) is 1. The van der Waals surface area contributed by atoms with Gasteiger partial charge in [0, 0.05) is 31.1 Å². The molecule has 148 valence electrons. The number of nitrogens with one attached hydrogen (secondary N) is 2. The van der Waals surface area contributed by atoms with Crippen molar-refractivity contribution in [2.24, 2.45) is 17.3 Å². The molecule has 1 aromatic carbocycles. The van der Waals surface area contributed by atoms with Crippen LogP contribution in [0.25, 0.3) is 0 Å². The molecule has 3 heterocycles. The molecule has 2 unspecified atom stereocenters. The van der Waals surface area contributed by atoms with Crippen LogP contribution in [0.3, 0.4) is 0 Å². The number of para-hydroxylation sites is 1. The molecule has 2 atom stereocenters. The molecule has 4 rings (SSSR count). The summed E-state index contributed by atoms with van der Waals surface area (Å²) in [6.45, 7) is 2.88. The van der Waals surface area contributed by atoms with E-state index in [0.29, 0.717) is 31.8 Å². The fourth-order valence-electron chi connectivity index (χ4n) is 4.61. The van der Waals surface area contributed by atoms with Crippen molar-refractivity contribution in [2.75, 3.05) is 18.4 Å². The van der Waals surface area contributed by atoms with Crippen LogP contribution in [0.5, 0.6) is 0 Å². The monoisotopic (exact) mass is 383 g/mol. The zero-order valence-electron chi connectivity index (χ0n) is 16.0. The summed E-state index contributed by atoms with van der Waals surface area (Å²) in [4.78, 5) is 50.8. The molecule has 0 spiro atoms. The standard InChI is InChI=1S/C21H25N3O4/c1-21(12-14-4-2-3-5-16(14)22-19(21)27)20(28)24-8-6-13(7-9-24)10-15-11-17(25)23-18(15)26/h2-5,13,15H,6-12H2,1H3,(H,22,27)(H,23,25,26). The molecule has 7 nitrogen and oxygen atoms in total. The first kappa shape index (κ1) is 18.7. The molecule has 0 saturated carbocycles. The Morgan fingerprint density at radius 1 is 1.14 bits per heavy atom. The van der Waals surface area contributed by atoms with Gasteiger partial charge in [-0.15, -0.1) is 0 Å². The average Bonchev–Trinajstić information content (AvgIpc) is 2.99. The molecule has 0 aromatic heterocycles. The van der Waals surface area contributed by atoms with E-state index in [9.17, 15) is 19.2 Å². The number of nitrogens with zero attached hydrogens (tertiary/aromatic N) is 1. The molecule has 2 saturated heterocycles. The van der Waals surface area contributed by atoms with Crippen molar-refractivity contribution in [1.29, 1.82) is 0 Å². The molecule has 0 bridgehead atoms. The third-order valence-corrected chi connectivity index (χ3v) is 6.37. The molecule has 0 radical (unpaired) electrons. The second-order valence-electron chi connectivity index (χ2n) is 8.40. The SMILES string of the molecule is CC1(C(=O)N2CCC(CC3CC(=O)NC3=O)CC2)Cc2ccccc2NC1=O. The summed E-state index contributed by atoms with van der Waals surface area (Å²) < 4.78 is 0. The third-order valence-electron chi connectivity index (χ3n) is 6.37. The molecule has 3 aliphatic heterocycles. The van der Waals surface area contributed by atoms with Crippen LogP contribution in [0.2, 0.25) is 0 Å². The fraction of sp³-hybridized carbons (Fsp3) is 0.524. The number of hydrogen-bond acceptors (Lipinski definition) is 4. The number of imide groups is 1. The highest BCUT2D eigenvalue weighted by Crippen LogP contribution is 2.36. The first-order valence-corrected chi connectivity index (χ1v) is 9.89. The second kappa shape index (κ2) is 7.04. The summed E-state index contributed by atoms with van der Waals surface area (Å²) in [6.07, 6.45) is 2.94. The number of amides is 4. The van der Waals surface area contributed by atoms with Crippen molar-refractivity contribution >= 4 is 29.3 Å². The molecule has 2 N–H and O–H groups in total. The molecular formula is C21H25N3O4. The molecule has 0 aliphatic carbocycles. The lowest BCUT2D eigenvalue weighted by Crippen LogP contribution is -2.53. The highest BCUT2D eigenvalue weighted by molar-refractivity contribution is 6.12. The van der Waals surface area contributed by atoms with Crippen molar-refractivity contribution in [3.63, 3.8) is 0 Å². The Labute approximate surface area is 163 Å². The minimum absolute atomic E-state index is 0.133. The van der Waals surface area contributed by atoms with E-state index in [4.69, 9.17) is 0 Å². The van der Waals surface area contributed by atoms with E-state index in [2.05, 4.69) is 10.6 Å². The van der Waals surface area contributed by atoms with Crippen molar-refractivity contribution in [2.45, 2.75) is 39.0 Å². The Balaban J connectivity index is 1.38. The van der Waals surface area contributed by atoms with Gasteiger partial charge in [-0.3, -0.25) is 24.5 Å². The highest BCUT2D eigenvalue weighted by atomic mass is 16.2. The van der Waals surface area contributed by atoms with Crippen molar-refractivity contribution < 1.29 is 19.2 Å². The van der Waals surface area contributed by atoms with E-state index in [1.165, 1.54) is 0 Å². The smallest absolute Gasteiger partial charge is 0.240 e. The molecule has 3 aliphatic rings. The number of rotatable bonds is 3. The van der Waals surface area contributed by atoms with Crippen molar-refractivity contribution in [3.8, 4) is 0 Å². The number of anilines is 1. The van der Waals surface area contributed by atoms with Gasteiger partial charge in [0.15, 0.2) is 0 Å². The lowest BCUT2D eigenvalue weighted by atomic mass is 9.77. The summed E-state index contributed by atoms with van der Waals surface area (Å²) in [5.74, 6) is -0.670. The number of piperidine rings is 1. The first-order valence-electron chi connectivity index (χ1n) is 9.89. The van der Waals surface area contributed by atoms with Gasteiger partial charge in [-0.25, -0.2) is 0 Å². The van der Waals surface area contributed by atoms with Crippen LogP contribution in [-0.4, -0.2) is 41.6 Å². The minimum atomic E-state index is -1.10. The number of hydrogen-bond donors (Lipinski definition) is 2. The van der Waals surface area contributed by atoms with E-state index in [-0.39, 0.29) is 36.0 Å². The zero-order valence-corrected chi connectivity index (χ0v) is 16.0. The minimum Gasteiger partial charge on any atom is -0.342 e. The Hall–Kier alpha value is -2.70. The van der Waals surface area contributed by atoms with Crippen LogP contribution < -0.4 is 10.6 Å².